The lowest BCUT2D eigenvalue weighted by atomic mass is 10.1. The van der Waals surface area contributed by atoms with Crippen LogP contribution in [0.5, 0.6) is 0 Å². The number of carboxylic acids is 1. The van der Waals surface area contributed by atoms with Gasteiger partial charge in [0.2, 0.25) is 0 Å². The number of rotatable bonds is 7. The molecule has 0 saturated carbocycles. The molecule has 4 N–H and O–H groups in total. The number of nitrogen functional groups attached to an aromatic ring is 1. The monoisotopic (exact) mass is 238 g/mol. The van der Waals surface area contributed by atoms with E-state index < -0.39 is 5.97 Å². The van der Waals surface area contributed by atoms with E-state index in [0.29, 0.717) is 25.4 Å². The number of carbonyl (C=O) groups is 1. The van der Waals surface area contributed by atoms with Crippen LogP contribution in [-0.4, -0.2) is 30.8 Å². The minimum atomic E-state index is -1.01. The Morgan fingerprint density at radius 1 is 1.53 bits per heavy atom. The summed E-state index contributed by atoms with van der Waals surface area (Å²) in [6, 6.07) is 4.93. The van der Waals surface area contributed by atoms with Gasteiger partial charge in [-0.15, -0.1) is 0 Å². The van der Waals surface area contributed by atoms with Gasteiger partial charge in [-0.05, 0) is 25.5 Å². The number of nitrogens with one attached hydrogen (secondary N) is 1. The van der Waals surface area contributed by atoms with Gasteiger partial charge in [0.1, 0.15) is 0 Å². The van der Waals surface area contributed by atoms with E-state index in [1.165, 1.54) is 6.07 Å². The van der Waals surface area contributed by atoms with Gasteiger partial charge in [0, 0.05) is 19.8 Å². The first-order valence-electron chi connectivity index (χ1n) is 5.60. The first-order chi connectivity index (χ1) is 8.16. The molecule has 0 bridgehead atoms. The summed E-state index contributed by atoms with van der Waals surface area (Å²) in [5.41, 5.74) is 6.80. The molecule has 0 aliphatic heterocycles. The van der Waals surface area contributed by atoms with Gasteiger partial charge in [-0.3, -0.25) is 0 Å². The fourth-order valence-electron chi connectivity index (χ4n) is 1.45. The van der Waals surface area contributed by atoms with Crippen molar-refractivity contribution in [3.05, 3.63) is 23.8 Å². The average Bonchev–Trinajstić information content (AvgIpc) is 2.30. The number of hydrogen-bond donors (Lipinski definition) is 3. The quantitative estimate of drug-likeness (QED) is 0.498. The van der Waals surface area contributed by atoms with Crippen molar-refractivity contribution < 1.29 is 14.6 Å². The van der Waals surface area contributed by atoms with Crippen LogP contribution >= 0.6 is 0 Å². The van der Waals surface area contributed by atoms with Crippen LogP contribution in [0.2, 0.25) is 0 Å². The molecule has 0 spiro atoms. The molecule has 0 fully saturated rings. The van der Waals surface area contributed by atoms with Crippen molar-refractivity contribution >= 4 is 17.3 Å². The number of aromatic carboxylic acids is 1. The van der Waals surface area contributed by atoms with Crippen molar-refractivity contribution in [2.45, 2.75) is 13.3 Å². The van der Waals surface area contributed by atoms with Gasteiger partial charge >= 0.3 is 5.97 Å². The second-order valence-corrected chi connectivity index (χ2v) is 3.55. The lowest BCUT2D eigenvalue weighted by Gasteiger charge is -2.10. The first-order valence-corrected chi connectivity index (χ1v) is 5.60. The molecule has 0 heterocycles. The second-order valence-electron chi connectivity index (χ2n) is 3.55. The van der Waals surface area contributed by atoms with Crippen molar-refractivity contribution in [2.75, 3.05) is 30.8 Å². The van der Waals surface area contributed by atoms with Crippen LogP contribution in [0.3, 0.4) is 0 Å². The van der Waals surface area contributed by atoms with Gasteiger partial charge in [0.25, 0.3) is 0 Å². The third-order valence-corrected chi connectivity index (χ3v) is 2.32. The third-order valence-electron chi connectivity index (χ3n) is 2.32. The molecular formula is C12H18N2O3. The van der Waals surface area contributed by atoms with E-state index in [9.17, 15) is 4.79 Å². The number of benzene rings is 1. The van der Waals surface area contributed by atoms with Gasteiger partial charge in [-0.2, -0.15) is 0 Å². The SMILES string of the molecule is CCOCCCNc1cccc(C(=O)O)c1N. The molecule has 94 valence electrons. The van der Waals surface area contributed by atoms with Crippen molar-refractivity contribution in [3.63, 3.8) is 0 Å². The lowest BCUT2D eigenvalue weighted by Crippen LogP contribution is -2.10. The van der Waals surface area contributed by atoms with Gasteiger partial charge in [-0.1, -0.05) is 6.07 Å². The van der Waals surface area contributed by atoms with Crippen LogP contribution in [0.4, 0.5) is 11.4 Å². The Hall–Kier alpha value is -1.75. The van der Waals surface area contributed by atoms with Gasteiger partial charge < -0.3 is 20.9 Å². The fraction of sp³-hybridized carbons (Fsp3) is 0.417. The summed E-state index contributed by atoms with van der Waals surface area (Å²) in [7, 11) is 0. The molecule has 0 aromatic heterocycles. The molecule has 0 aliphatic carbocycles. The summed E-state index contributed by atoms with van der Waals surface area (Å²) in [6.45, 7) is 4.04. The van der Waals surface area contributed by atoms with Crippen molar-refractivity contribution in [2.24, 2.45) is 0 Å². The molecule has 5 nitrogen and oxygen atoms in total. The van der Waals surface area contributed by atoms with Crippen LogP contribution < -0.4 is 11.1 Å². The summed E-state index contributed by atoms with van der Waals surface area (Å²) in [5.74, 6) is -1.01. The minimum absolute atomic E-state index is 0.125. The highest BCUT2D eigenvalue weighted by molar-refractivity contribution is 5.97. The molecule has 1 aromatic carbocycles. The van der Waals surface area contributed by atoms with Crippen molar-refractivity contribution in [1.82, 2.24) is 0 Å². The molecule has 0 radical (unpaired) electrons. The number of ether oxygens (including phenoxy) is 1. The Labute approximate surface area is 101 Å². The van der Waals surface area contributed by atoms with Crippen molar-refractivity contribution in [1.29, 1.82) is 0 Å². The van der Waals surface area contributed by atoms with E-state index in [1.54, 1.807) is 12.1 Å². The molecule has 17 heavy (non-hydrogen) atoms. The van der Waals surface area contributed by atoms with E-state index in [-0.39, 0.29) is 11.3 Å². The highest BCUT2D eigenvalue weighted by Crippen LogP contribution is 2.22. The molecule has 0 unspecified atom stereocenters. The number of para-hydroxylation sites is 1. The van der Waals surface area contributed by atoms with E-state index in [0.717, 1.165) is 6.42 Å². The zero-order valence-corrected chi connectivity index (χ0v) is 9.90. The summed E-state index contributed by atoms with van der Waals surface area (Å²) < 4.78 is 5.20. The zero-order chi connectivity index (χ0) is 12.7. The molecule has 0 amide bonds. The van der Waals surface area contributed by atoms with Crippen LogP contribution in [0.1, 0.15) is 23.7 Å². The third kappa shape index (κ3) is 3.96. The van der Waals surface area contributed by atoms with Gasteiger partial charge in [-0.25, -0.2) is 4.79 Å². The molecular weight excluding hydrogens is 220 g/mol. The average molecular weight is 238 g/mol. The fourth-order valence-corrected chi connectivity index (χ4v) is 1.45. The standard InChI is InChI=1S/C12H18N2O3/c1-2-17-8-4-7-14-10-6-3-5-9(11(10)13)12(15)16/h3,5-6,14H,2,4,7-8,13H2,1H3,(H,15,16). The van der Waals surface area contributed by atoms with Crippen molar-refractivity contribution in [3.8, 4) is 0 Å². The van der Waals surface area contributed by atoms with Crippen LogP contribution in [-0.2, 0) is 4.74 Å². The summed E-state index contributed by atoms with van der Waals surface area (Å²) in [6.07, 6.45) is 0.852. The molecule has 0 atom stereocenters. The maximum Gasteiger partial charge on any atom is 0.337 e. The predicted molar refractivity (Wildman–Crippen MR) is 67.4 cm³/mol. The highest BCUT2D eigenvalue weighted by Gasteiger charge is 2.10. The number of carboxylic acid groups (broad SMARTS) is 1. The zero-order valence-electron chi connectivity index (χ0n) is 9.90. The number of hydrogen-bond acceptors (Lipinski definition) is 4. The summed E-state index contributed by atoms with van der Waals surface area (Å²) >= 11 is 0. The van der Waals surface area contributed by atoms with E-state index in [2.05, 4.69) is 5.32 Å². The van der Waals surface area contributed by atoms with E-state index >= 15 is 0 Å². The molecule has 5 heteroatoms. The maximum absolute atomic E-state index is 10.9. The lowest BCUT2D eigenvalue weighted by molar-refractivity contribution is 0.0698. The Balaban J connectivity index is 2.54. The highest BCUT2D eigenvalue weighted by atomic mass is 16.5. The number of anilines is 2. The van der Waals surface area contributed by atoms with Gasteiger partial charge in [0.15, 0.2) is 0 Å². The Morgan fingerprint density at radius 3 is 2.94 bits per heavy atom. The van der Waals surface area contributed by atoms with Crippen LogP contribution in [0.15, 0.2) is 18.2 Å². The Kier molecular flexibility index (Phi) is 5.29. The largest absolute Gasteiger partial charge is 0.478 e. The second kappa shape index (κ2) is 6.75. The molecule has 0 aliphatic rings. The van der Waals surface area contributed by atoms with E-state index in [4.69, 9.17) is 15.6 Å². The molecule has 0 saturated heterocycles. The summed E-state index contributed by atoms with van der Waals surface area (Å²) in [4.78, 5) is 10.9. The first kappa shape index (κ1) is 13.3. The smallest absolute Gasteiger partial charge is 0.337 e. The topological polar surface area (TPSA) is 84.6 Å². The molecule has 1 aromatic rings. The van der Waals surface area contributed by atoms with E-state index in [1.807, 2.05) is 6.92 Å². The number of nitrogens with two attached hydrogens (primary N) is 1. The minimum Gasteiger partial charge on any atom is -0.478 e. The van der Waals surface area contributed by atoms with Crippen LogP contribution in [0.25, 0.3) is 0 Å². The predicted octanol–water partition coefficient (Wildman–Crippen LogP) is 1.81. The van der Waals surface area contributed by atoms with Gasteiger partial charge in [0.05, 0.1) is 16.9 Å². The Morgan fingerprint density at radius 2 is 2.29 bits per heavy atom. The Bertz CT molecular complexity index is 380. The normalized spacial score (nSPS) is 10.2. The van der Waals surface area contributed by atoms with Crippen LogP contribution in [0, 0.1) is 0 Å². The summed E-state index contributed by atoms with van der Waals surface area (Å²) in [5, 5.41) is 12.0. The molecule has 1 rings (SSSR count). The maximum atomic E-state index is 10.9.